The lowest BCUT2D eigenvalue weighted by atomic mass is 9.86. The highest BCUT2D eigenvalue weighted by molar-refractivity contribution is 5.54. The molecule has 3 N–H and O–H groups in total. The van der Waals surface area contributed by atoms with Gasteiger partial charge in [0.05, 0.1) is 0 Å². The van der Waals surface area contributed by atoms with Crippen molar-refractivity contribution in [3.8, 4) is 0 Å². The Morgan fingerprint density at radius 1 is 1.00 bits per heavy atom. The summed E-state index contributed by atoms with van der Waals surface area (Å²) in [6.07, 6.45) is 0. The van der Waals surface area contributed by atoms with Crippen molar-refractivity contribution in [2.75, 3.05) is 11.1 Å². The molecule has 0 fully saturated rings. The Hall–Kier alpha value is -1.96. The molecule has 2 rings (SSSR count). The number of hydrogen-bond donors (Lipinski definition) is 2. The minimum Gasteiger partial charge on any atom is -0.399 e. The largest absolute Gasteiger partial charge is 0.399 e. The lowest BCUT2D eigenvalue weighted by molar-refractivity contribution is 0.591. The molecule has 19 heavy (non-hydrogen) atoms. The molecule has 0 bridgehead atoms. The van der Waals surface area contributed by atoms with E-state index >= 15 is 0 Å². The maximum absolute atomic E-state index is 5.80. The predicted octanol–water partition coefficient (Wildman–Crippen LogP) is 4.18. The third-order valence-electron chi connectivity index (χ3n) is 3.17. The Labute approximate surface area is 115 Å². The van der Waals surface area contributed by atoms with Crippen LogP contribution in [0.2, 0.25) is 0 Å². The highest BCUT2D eigenvalue weighted by atomic mass is 14.9. The van der Waals surface area contributed by atoms with Crippen LogP contribution in [0.3, 0.4) is 0 Å². The van der Waals surface area contributed by atoms with Crippen LogP contribution in [0.4, 0.5) is 11.4 Å². The summed E-state index contributed by atoms with van der Waals surface area (Å²) < 4.78 is 0. The number of nitrogens with two attached hydrogens (primary N) is 1. The van der Waals surface area contributed by atoms with Crippen molar-refractivity contribution >= 4 is 11.4 Å². The lowest BCUT2D eigenvalue weighted by Gasteiger charge is -2.23. The minimum absolute atomic E-state index is 0.138. The highest BCUT2D eigenvalue weighted by Crippen LogP contribution is 2.29. The molecule has 0 spiro atoms. The molecular weight excluding hydrogens is 232 g/mol. The van der Waals surface area contributed by atoms with Gasteiger partial charge in [-0.2, -0.15) is 0 Å². The number of benzene rings is 2. The van der Waals surface area contributed by atoms with Gasteiger partial charge in [-0.3, -0.25) is 0 Å². The molecule has 0 heterocycles. The van der Waals surface area contributed by atoms with E-state index in [1.807, 2.05) is 18.2 Å². The molecule has 0 aliphatic heterocycles. The summed E-state index contributed by atoms with van der Waals surface area (Å²) in [6.45, 7) is 7.48. The molecule has 0 aliphatic rings. The Balaban J connectivity index is 2.16. The van der Waals surface area contributed by atoms with Crippen LogP contribution in [-0.2, 0) is 12.0 Å². The first-order valence-electron chi connectivity index (χ1n) is 6.64. The number of nitrogen functional groups attached to an aromatic ring is 1. The standard InChI is InChI=1S/C17H22N2/c1-17(2,3)15-9-4-5-10-16(15)19-12-13-7-6-8-14(18)11-13/h4-11,19H,12,18H2,1-3H3. The molecule has 0 aliphatic carbocycles. The van der Waals surface area contributed by atoms with Crippen LogP contribution in [-0.4, -0.2) is 0 Å². The van der Waals surface area contributed by atoms with Gasteiger partial charge in [-0.1, -0.05) is 51.1 Å². The highest BCUT2D eigenvalue weighted by Gasteiger charge is 2.16. The fourth-order valence-electron chi connectivity index (χ4n) is 2.19. The van der Waals surface area contributed by atoms with E-state index in [-0.39, 0.29) is 5.41 Å². The molecule has 0 amide bonds. The Morgan fingerprint density at radius 3 is 2.42 bits per heavy atom. The van der Waals surface area contributed by atoms with Crippen LogP contribution >= 0.6 is 0 Å². The molecule has 0 saturated carbocycles. The number of rotatable bonds is 3. The number of hydrogen-bond acceptors (Lipinski definition) is 2. The third kappa shape index (κ3) is 3.50. The average Bonchev–Trinajstić information content (AvgIpc) is 2.36. The van der Waals surface area contributed by atoms with Crippen molar-refractivity contribution in [2.24, 2.45) is 0 Å². The van der Waals surface area contributed by atoms with Crippen molar-refractivity contribution in [2.45, 2.75) is 32.7 Å². The SMILES string of the molecule is CC(C)(C)c1ccccc1NCc1cccc(N)c1. The Morgan fingerprint density at radius 2 is 1.74 bits per heavy atom. The molecule has 0 unspecified atom stereocenters. The first kappa shape index (κ1) is 13.5. The van der Waals surface area contributed by atoms with Crippen molar-refractivity contribution < 1.29 is 0 Å². The van der Waals surface area contributed by atoms with E-state index in [0.717, 1.165) is 12.2 Å². The van der Waals surface area contributed by atoms with E-state index in [0.29, 0.717) is 0 Å². The fraction of sp³-hybridized carbons (Fsp3) is 0.294. The molecule has 100 valence electrons. The molecule has 2 nitrogen and oxygen atoms in total. The summed E-state index contributed by atoms with van der Waals surface area (Å²) in [4.78, 5) is 0. The van der Waals surface area contributed by atoms with Crippen molar-refractivity contribution in [1.29, 1.82) is 0 Å². The molecule has 0 saturated heterocycles. The third-order valence-corrected chi connectivity index (χ3v) is 3.17. The second-order valence-electron chi connectivity index (χ2n) is 5.89. The monoisotopic (exact) mass is 254 g/mol. The zero-order valence-electron chi connectivity index (χ0n) is 11.9. The van der Waals surface area contributed by atoms with Gasteiger partial charge in [0.2, 0.25) is 0 Å². The normalized spacial score (nSPS) is 11.3. The smallest absolute Gasteiger partial charge is 0.0401 e. The van der Waals surface area contributed by atoms with Gasteiger partial charge < -0.3 is 11.1 Å². The van der Waals surface area contributed by atoms with Crippen molar-refractivity contribution in [3.63, 3.8) is 0 Å². The Bertz CT molecular complexity index is 553. The fourth-order valence-corrected chi connectivity index (χ4v) is 2.19. The molecule has 2 aromatic rings. The second-order valence-corrected chi connectivity index (χ2v) is 5.89. The van der Waals surface area contributed by atoms with Gasteiger partial charge in [0.15, 0.2) is 0 Å². The first-order valence-corrected chi connectivity index (χ1v) is 6.64. The zero-order valence-corrected chi connectivity index (χ0v) is 11.9. The Kier molecular flexibility index (Phi) is 3.79. The number of anilines is 2. The summed E-state index contributed by atoms with van der Waals surface area (Å²) in [5.74, 6) is 0. The van der Waals surface area contributed by atoms with Gasteiger partial charge in [0, 0.05) is 17.9 Å². The molecule has 0 atom stereocenters. The van der Waals surface area contributed by atoms with Crippen LogP contribution in [0.5, 0.6) is 0 Å². The second kappa shape index (κ2) is 5.35. The maximum atomic E-state index is 5.80. The molecule has 2 heteroatoms. The minimum atomic E-state index is 0.138. The van der Waals surface area contributed by atoms with Gasteiger partial charge in [-0.15, -0.1) is 0 Å². The first-order chi connectivity index (χ1) is 8.97. The van der Waals surface area contributed by atoms with Crippen LogP contribution < -0.4 is 11.1 Å². The van der Waals surface area contributed by atoms with E-state index in [1.165, 1.54) is 16.8 Å². The quantitative estimate of drug-likeness (QED) is 0.806. The van der Waals surface area contributed by atoms with Gasteiger partial charge in [0.1, 0.15) is 0 Å². The van der Waals surface area contributed by atoms with Crippen molar-refractivity contribution in [3.05, 3.63) is 59.7 Å². The zero-order chi connectivity index (χ0) is 13.9. The van der Waals surface area contributed by atoms with Gasteiger partial charge in [0.25, 0.3) is 0 Å². The molecule has 2 aromatic carbocycles. The van der Waals surface area contributed by atoms with E-state index in [1.54, 1.807) is 0 Å². The van der Waals surface area contributed by atoms with Crippen LogP contribution in [0.15, 0.2) is 48.5 Å². The maximum Gasteiger partial charge on any atom is 0.0401 e. The van der Waals surface area contributed by atoms with Crippen LogP contribution in [0.1, 0.15) is 31.9 Å². The van der Waals surface area contributed by atoms with Gasteiger partial charge in [-0.25, -0.2) is 0 Å². The summed E-state index contributed by atoms with van der Waals surface area (Å²) in [5, 5.41) is 3.51. The summed E-state index contributed by atoms with van der Waals surface area (Å²) in [5.41, 5.74) is 10.5. The lowest BCUT2D eigenvalue weighted by Crippen LogP contribution is -2.14. The predicted molar refractivity (Wildman–Crippen MR) is 83.3 cm³/mol. The van der Waals surface area contributed by atoms with Crippen LogP contribution in [0, 0.1) is 0 Å². The molecular formula is C17H22N2. The number of nitrogens with one attached hydrogen (secondary N) is 1. The van der Waals surface area contributed by atoms with E-state index in [4.69, 9.17) is 5.73 Å². The van der Waals surface area contributed by atoms with Crippen LogP contribution in [0.25, 0.3) is 0 Å². The van der Waals surface area contributed by atoms with Crippen molar-refractivity contribution in [1.82, 2.24) is 0 Å². The number of para-hydroxylation sites is 1. The summed E-state index contributed by atoms with van der Waals surface area (Å²) in [7, 11) is 0. The summed E-state index contributed by atoms with van der Waals surface area (Å²) >= 11 is 0. The summed E-state index contributed by atoms with van der Waals surface area (Å²) in [6, 6.07) is 16.5. The molecule has 0 aromatic heterocycles. The van der Waals surface area contributed by atoms with E-state index < -0.39 is 0 Å². The molecule has 0 radical (unpaired) electrons. The average molecular weight is 254 g/mol. The van der Waals surface area contributed by atoms with E-state index in [2.05, 4.69) is 56.4 Å². The van der Waals surface area contributed by atoms with E-state index in [9.17, 15) is 0 Å². The van der Waals surface area contributed by atoms with Gasteiger partial charge in [-0.05, 0) is 34.7 Å². The topological polar surface area (TPSA) is 38.0 Å². The van der Waals surface area contributed by atoms with Gasteiger partial charge >= 0.3 is 0 Å².